The molecule has 0 saturated carbocycles. The minimum atomic E-state index is -0.802. The number of hydrogen-bond donors (Lipinski definition) is 3. The fourth-order valence-corrected chi connectivity index (χ4v) is 7.75. The summed E-state index contributed by atoms with van der Waals surface area (Å²) in [6.45, 7) is 6.33. The number of aliphatic hydroxyl groups excluding tert-OH is 2. The average Bonchev–Trinajstić information content (AvgIpc) is 3.28. The van der Waals surface area contributed by atoms with Gasteiger partial charge in [0, 0.05) is 6.42 Å². The van der Waals surface area contributed by atoms with Gasteiger partial charge in [-0.15, -0.1) is 0 Å². The third kappa shape index (κ3) is 45.7. The largest absolute Gasteiger partial charge is 0.462 e. The maximum atomic E-state index is 13.2. The first kappa shape index (κ1) is 60.3. The Balaban J connectivity index is 4.59. The van der Waals surface area contributed by atoms with Crippen molar-refractivity contribution in [1.29, 1.82) is 0 Å². The summed E-state index contributed by atoms with van der Waals surface area (Å²) in [4.78, 5) is 26.2. The van der Waals surface area contributed by atoms with Gasteiger partial charge in [0.1, 0.15) is 6.10 Å². The second-order valence-electron chi connectivity index (χ2n) is 17.9. The van der Waals surface area contributed by atoms with Gasteiger partial charge in [0.15, 0.2) is 0 Å². The van der Waals surface area contributed by atoms with E-state index >= 15 is 0 Å². The molecule has 6 nitrogen and oxygen atoms in total. The van der Waals surface area contributed by atoms with Gasteiger partial charge < -0.3 is 20.3 Å². The number of unbranched alkanes of at least 4 members (excludes halogenated alkanes) is 23. The number of esters is 1. The summed E-state index contributed by atoms with van der Waals surface area (Å²) >= 11 is 0. The molecular weight excluding hydrogens is 779 g/mol. The summed E-state index contributed by atoms with van der Waals surface area (Å²) in [6, 6.07) is -0.719. The first-order valence-corrected chi connectivity index (χ1v) is 26.7. The second kappa shape index (κ2) is 50.3. The van der Waals surface area contributed by atoms with Crippen LogP contribution in [0, 0.1) is 0 Å². The van der Waals surface area contributed by atoms with E-state index in [0.717, 1.165) is 96.3 Å². The number of carbonyl (C=O) groups excluding carboxylic acids is 2. The van der Waals surface area contributed by atoms with Gasteiger partial charge in [0.2, 0.25) is 5.91 Å². The lowest BCUT2D eigenvalue weighted by atomic mass is 10.0. The SMILES string of the molecule is CC/C=C/C/C=C/C/C=C/CCCCC(CC(=O)NC(CO)C(O)CCCCCCCCCCCCCCC)OC(=O)CCCCCCCC/C=C\C/C=C\C/C=C\CCCCC. The molecule has 0 aromatic heterocycles. The molecule has 0 aliphatic rings. The Morgan fingerprint density at radius 2 is 0.857 bits per heavy atom. The molecule has 0 heterocycles. The first-order chi connectivity index (χ1) is 31.0. The van der Waals surface area contributed by atoms with Gasteiger partial charge >= 0.3 is 5.97 Å². The van der Waals surface area contributed by atoms with Crippen LogP contribution in [-0.4, -0.2) is 46.9 Å². The Hall–Kier alpha value is -2.70. The first-order valence-electron chi connectivity index (χ1n) is 26.7. The van der Waals surface area contributed by atoms with E-state index in [-0.39, 0.29) is 24.9 Å². The minimum absolute atomic E-state index is 0.0437. The van der Waals surface area contributed by atoms with Crippen molar-refractivity contribution in [3.8, 4) is 0 Å². The standard InChI is InChI=1S/C57H101NO5/c1-4-7-10-13-16-19-22-25-26-27-28-29-30-32-35-38-41-44-47-50-57(62)63-53(48-45-42-39-36-33-24-21-18-15-12-9-6-3)51-56(61)58-54(52-59)55(60)49-46-43-40-37-34-31-23-20-17-14-11-8-5-2/h9,12,16,18-19,21,25-26,28-29,33,36,53-55,59-60H,4-8,10-11,13-15,17,20,22-24,27,30-32,34-35,37-52H2,1-3H3,(H,58,61)/b12-9+,19-16-,21-18+,26-25-,29-28-,36-33+. The molecular formula is C57H101NO5. The fourth-order valence-electron chi connectivity index (χ4n) is 7.75. The molecule has 3 unspecified atom stereocenters. The Morgan fingerprint density at radius 3 is 1.35 bits per heavy atom. The van der Waals surface area contributed by atoms with Crippen molar-refractivity contribution in [2.75, 3.05) is 6.61 Å². The number of hydrogen-bond acceptors (Lipinski definition) is 5. The van der Waals surface area contributed by atoms with Crippen LogP contribution in [0.25, 0.3) is 0 Å². The number of carbonyl (C=O) groups is 2. The molecule has 0 radical (unpaired) electrons. The van der Waals surface area contributed by atoms with Gasteiger partial charge in [-0.25, -0.2) is 0 Å². The molecule has 0 spiro atoms. The summed E-state index contributed by atoms with van der Waals surface area (Å²) in [6.07, 6.45) is 63.9. The van der Waals surface area contributed by atoms with E-state index in [1.807, 2.05) is 0 Å². The molecule has 0 aromatic carbocycles. The molecule has 1 amide bonds. The van der Waals surface area contributed by atoms with E-state index in [1.54, 1.807) is 0 Å². The lowest BCUT2D eigenvalue weighted by Crippen LogP contribution is -2.46. The van der Waals surface area contributed by atoms with Crippen molar-refractivity contribution in [1.82, 2.24) is 5.32 Å². The van der Waals surface area contributed by atoms with E-state index in [4.69, 9.17) is 4.74 Å². The average molecular weight is 880 g/mol. The van der Waals surface area contributed by atoms with E-state index in [9.17, 15) is 19.8 Å². The Kier molecular flexibility index (Phi) is 48.1. The van der Waals surface area contributed by atoms with Gasteiger partial charge in [-0.05, 0) is 96.3 Å². The highest BCUT2D eigenvalue weighted by molar-refractivity contribution is 5.77. The van der Waals surface area contributed by atoms with Gasteiger partial charge in [-0.1, -0.05) is 216 Å². The zero-order chi connectivity index (χ0) is 45.9. The topological polar surface area (TPSA) is 95.9 Å². The monoisotopic (exact) mass is 880 g/mol. The van der Waals surface area contributed by atoms with Crippen LogP contribution in [0.1, 0.15) is 252 Å². The zero-order valence-corrected chi connectivity index (χ0v) is 41.4. The maximum Gasteiger partial charge on any atom is 0.306 e. The number of amides is 1. The number of allylic oxidation sites excluding steroid dienone is 12. The van der Waals surface area contributed by atoms with Crippen molar-refractivity contribution in [2.24, 2.45) is 0 Å². The van der Waals surface area contributed by atoms with Crippen LogP contribution in [-0.2, 0) is 14.3 Å². The molecule has 0 aromatic rings. The predicted molar refractivity (Wildman–Crippen MR) is 273 cm³/mol. The van der Waals surface area contributed by atoms with Gasteiger partial charge in [0.05, 0.1) is 25.2 Å². The lowest BCUT2D eigenvalue weighted by Gasteiger charge is -2.24. The molecule has 364 valence electrons. The molecule has 3 atom stereocenters. The van der Waals surface area contributed by atoms with Crippen molar-refractivity contribution < 1.29 is 24.5 Å². The molecule has 0 bridgehead atoms. The number of nitrogens with one attached hydrogen (secondary N) is 1. The summed E-state index contributed by atoms with van der Waals surface area (Å²) in [7, 11) is 0. The highest BCUT2D eigenvalue weighted by atomic mass is 16.5. The summed E-state index contributed by atoms with van der Waals surface area (Å²) in [5.74, 6) is -0.527. The third-order valence-electron chi connectivity index (χ3n) is 11.8. The van der Waals surface area contributed by atoms with E-state index in [0.29, 0.717) is 19.3 Å². The van der Waals surface area contributed by atoms with Crippen LogP contribution in [0.5, 0.6) is 0 Å². The molecule has 0 rings (SSSR count). The minimum Gasteiger partial charge on any atom is -0.462 e. The molecule has 0 fully saturated rings. The highest BCUT2D eigenvalue weighted by Crippen LogP contribution is 2.17. The van der Waals surface area contributed by atoms with Gasteiger partial charge in [-0.2, -0.15) is 0 Å². The van der Waals surface area contributed by atoms with Gasteiger partial charge in [0.25, 0.3) is 0 Å². The number of rotatable bonds is 47. The van der Waals surface area contributed by atoms with E-state index in [2.05, 4.69) is 99.0 Å². The smallest absolute Gasteiger partial charge is 0.306 e. The highest BCUT2D eigenvalue weighted by Gasteiger charge is 2.24. The fraction of sp³-hybridized carbons (Fsp3) is 0.754. The van der Waals surface area contributed by atoms with Crippen LogP contribution in [0.2, 0.25) is 0 Å². The molecule has 0 saturated heterocycles. The normalized spacial score (nSPS) is 13.8. The summed E-state index contributed by atoms with van der Waals surface area (Å²) < 4.78 is 5.91. The van der Waals surface area contributed by atoms with Crippen LogP contribution >= 0.6 is 0 Å². The maximum absolute atomic E-state index is 13.2. The Bertz CT molecular complexity index is 1170. The van der Waals surface area contributed by atoms with Crippen molar-refractivity contribution in [3.05, 3.63) is 72.9 Å². The van der Waals surface area contributed by atoms with Crippen LogP contribution in [0.3, 0.4) is 0 Å². The predicted octanol–water partition coefficient (Wildman–Crippen LogP) is 16.2. The van der Waals surface area contributed by atoms with Crippen LogP contribution in [0.15, 0.2) is 72.9 Å². The van der Waals surface area contributed by atoms with E-state index in [1.165, 1.54) is 109 Å². The van der Waals surface area contributed by atoms with Gasteiger partial charge in [-0.3, -0.25) is 9.59 Å². The van der Waals surface area contributed by atoms with Crippen LogP contribution < -0.4 is 5.32 Å². The lowest BCUT2D eigenvalue weighted by molar-refractivity contribution is -0.151. The second-order valence-corrected chi connectivity index (χ2v) is 17.9. The van der Waals surface area contributed by atoms with Crippen molar-refractivity contribution in [3.63, 3.8) is 0 Å². The Labute approximate surface area is 390 Å². The molecule has 3 N–H and O–H groups in total. The van der Waals surface area contributed by atoms with E-state index < -0.39 is 18.2 Å². The third-order valence-corrected chi connectivity index (χ3v) is 11.8. The quantitative estimate of drug-likeness (QED) is 0.0321. The summed E-state index contributed by atoms with van der Waals surface area (Å²) in [5, 5.41) is 23.8. The molecule has 0 aliphatic heterocycles. The van der Waals surface area contributed by atoms with Crippen molar-refractivity contribution >= 4 is 11.9 Å². The zero-order valence-electron chi connectivity index (χ0n) is 41.4. The van der Waals surface area contributed by atoms with Crippen LogP contribution in [0.4, 0.5) is 0 Å². The Morgan fingerprint density at radius 1 is 0.476 bits per heavy atom. The number of aliphatic hydroxyl groups is 2. The summed E-state index contributed by atoms with van der Waals surface area (Å²) in [5.41, 5.74) is 0. The molecule has 0 aliphatic carbocycles. The molecule has 6 heteroatoms. The molecule has 63 heavy (non-hydrogen) atoms. The number of ether oxygens (including phenoxy) is 1. The van der Waals surface area contributed by atoms with Crippen molar-refractivity contribution in [2.45, 2.75) is 270 Å².